The van der Waals surface area contributed by atoms with E-state index in [0.717, 1.165) is 16.7 Å². The molecule has 0 spiro atoms. The molecular weight excluding hydrogens is 288 g/mol. The molecule has 1 aliphatic carbocycles. The Morgan fingerprint density at radius 2 is 1.65 bits per heavy atom. The van der Waals surface area contributed by atoms with Crippen LogP contribution in [-0.2, 0) is 16.2 Å². The molecule has 2 aromatic rings. The monoisotopic (exact) mass is 310 g/mol. The summed E-state index contributed by atoms with van der Waals surface area (Å²) < 4.78 is 0. The van der Waals surface area contributed by atoms with Crippen LogP contribution in [0.5, 0.6) is 0 Å². The van der Waals surface area contributed by atoms with Crippen LogP contribution in [0.4, 0.5) is 0 Å². The van der Waals surface area contributed by atoms with Crippen molar-refractivity contribution in [3.05, 3.63) is 71.3 Å². The van der Waals surface area contributed by atoms with Gasteiger partial charge in [-0.15, -0.1) is 0 Å². The molecule has 0 fully saturated rings. The fraction of sp³-hybridized carbons (Fsp3) is 0.350. The molecule has 2 aromatic carbocycles. The number of rotatable bonds is 4. The van der Waals surface area contributed by atoms with Crippen LogP contribution in [0, 0.1) is 5.92 Å². The Morgan fingerprint density at radius 3 is 2.30 bits per heavy atom. The number of fused-ring (bicyclic) bond motifs is 1. The van der Waals surface area contributed by atoms with Gasteiger partial charge in [0.15, 0.2) is 5.78 Å². The van der Waals surface area contributed by atoms with Crippen LogP contribution in [-0.4, -0.2) is 11.4 Å². The lowest BCUT2D eigenvalue weighted by atomic mass is 9.92. The molecule has 3 heteroatoms. The minimum atomic E-state index is -0.429. The summed E-state index contributed by atoms with van der Waals surface area (Å²) in [4.78, 5) is 24.1. The zero-order chi connectivity index (χ0) is 16.4. The van der Waals surface area contributed by atoms with Gasteiger partial charge in [-0.3, -0.25) is 4.79 Å². The Labute approximate surface area is 137 Å². The Morgan fingerprint density at radius 1 is 1.00 bits per heavy atom. The van der Waals surface area contributed by atoms with Crippen molar-refractivity contribution in [1.82, 2.24) is 0 Å². The predicted molar refractivity (Wildman–Crippen MR) is 89.1 cm³/mol. The molecule has 0 saturated heterocycles. The lowest BCUT2D eigenvalue weighted by Gasteiger charge is -2.26. The van der Waals surface area contributed by atoms with Crippen LogP contribution >= 0.6 is 0 Å². The van der Waals surface area contributed by atoms with E-state index in [0.29, 0.717) is 6.42 Å². The maximum atomic E-state index is 12.8. The summed E-state index contributed by atoms with van der Waals surface area (Å²) >= 11 is 0. The molecule has 0 amide bonds. The van der Waals surface area contributed by atoms with Crippen molar-refractivity contribution < 1.29 is 14.6 Å². The van der Waals surface area contributed by atoms with Crippen molar-refractivity contribution in [2.75, 3.05) is 0 Å². The normalized spacial score (nSPS) is 18.7. The highest BCUT2D eigenvalue weighted by molar-refractivity contribution is 6.02. The van der Waals surface area contributed by atoms with E-state index >= 15 is 0 Å². The second-order valence-corrected chi connectivity index (χ2v) is 6.96. The summed E-state index contributed by atoms with van der Waals surface area (Å²) in [7, 11) is 0. The zero-order valence-electron chi connectivity index (χ0n) is 13.8. The van der Waals surface area contributed by atoms with Gasteiger partial charge in [0, 0.05) is 5.56 Å². The third-order valence-corrected chi connectivity index (χ3v) is 3.95. The Balaban J connectivity index is 1.89. The van der Waals surface area contributed by atoms with Gasteiger partial charge in [-0.25, -0.2) is 9.78 Å². The second-order valence-electron chi connectivity index (χ2n) is 6.96. The fourth-order valence-corrected chi connectivity index (χ4v) is 2.91. The van der Waals surface area contributed by atoms with Crippen molar-refractivity contribution in [1.29, 1.82) is 0 Å². The van der Waals surface area contributed by atoms with Crippen LogP contribution in [0.1, 0.15) is 48.4 Å². The van der Waals surface area contributed by atoms with Crippen LogP contribution in [0.2, 0.25) is 0 Å². The van der Waals surface area contributed by atoms with E-state index in [1.807, 2.05) is 75.4 Å². The first-order chi connectivity index (χ1) is 11.0. The first-order valence-electron chi connectivity index (χ1n) is 7.97. The lowest BCUT2D eigenvalue weighted by Crippen LogP contribution is -2.27. The maximum Gasteiger partial charge on any atom is 0.169 e. The molecule has 0 bridgehead atoms. The Kier molecular flexibility index (Phi) is 4.33. The molecule has 1 aliphatic rings. The van der Waals surface area contributed by atoms with Crippen molar-refractivity contribution >= 4 is 5.78 Å². The van der Waals surface area contributed by atoms with E-state index in [2.05, 4.69) is 0 Å². The SMILES string of the molecule is CC(C)(C)OOC(c1ccccc1)C1Cc2ccccc2C1=O. The van der Waals surface area contributed by atoms with E-state index in [-0.39, 0.29) is 11.7 Å². The number of carbonyl (C=O) groups excluding carboxylic acids is 1. The molecular formula is C20H22O3. The van der Waals surface area contributed by atoms with Gasteiger partial charge in [0.25, 0.3) is 0 Å². The van der Waals surface area contributed by atoms with Gasteiger partial charge in [-0.1, -0.05) is 54.6 Å². The number of carbonyl (C=O) groups is 1. The molecule has 0 aliphatic heterocycles. The Hall–Kier alpha value is -1.97. The standard InChI is InChI=1S/C20H22O3/c1-20(2,3)23-22-19(14-9-5-4-6-10-14)17-13-15-11-7-8-12-16(15)18(17)21/h4-12,17,19H,13H2,1-3H3. The van der Waals surface area contributed by atoms with Crippen molar-refractivity contribution in [3.8, 4) is 0 Å². The molecule has 0 saturated carbocycles. The molecule has 2 unspecified atom stereocenters. The van der Waals surface area contributed by atoms with Crippen LogP contribution in [0.3, 0.4) is 0 Å². The van der Waals surface area contributed by atoms with Gasteiger partial charge < -0.3 is 0 Å². The quantitative estimate of drug-likeness (QED) is 0.615. The maximum absolute atomic E-state index is 12.8. The minimum absolute atomic E-state index is 0.131. The number of ketones is 1. The van der Waals surface area contributed by atoms with Crippen LogP contribution in [0.15, 0.2) is 54.6 Å². The van der Waals surface area contributed by atoms with E-state index in [4.69, 9.17) is 9.78 Å². The second kappa shape index (κ2) is 6.26. The van der Waals surface area contributed by atoms with E-state index < -0.39 is 11.7 Å². The summed E-state index contributed by atoms with van der Waals surface area (Å²) in [6.45, 7) is 5.79. The Bertz CT molecular complexity index is 686. The van der Waals surface area contributed by atoms with Crippen LogP contribution < -0.4 is 0 Å². The fourth-order valence-electron chi connectivity index (χ4n) is 2.91. The van der Waals surface area contributed by atoms with E-state index in [1.54, 1.807) is 0 Å². The third-order valence-electron chi connectivity index (χ3n) is 3.95. The van der Waals surface area contributed by atoms with Crippen LogP contribution in [0.25, 0.3) is 0 Å². The zero-order valence-corrected chi connectivity index (χ0v) is 13.8. The van der Waals surface area contributed by atoms with Gasteiger partial charge in [0.1, 0.15) is 6.10 Å². The average Bonchev–Trinajstić information content (AvgIpc) is 2.85. The van der Waals surface area contributed by atoms with E-state index in [9.17, 15) is 4.79 Å². The van der Waals surface area contributed by atoms with Gasteiger partial charge >= 0.3 is 0 Å². The number of benzene rings is 2. The van der Waals surface area contributed by atoms with Crippen molar-refractivity contribution in [3.63, 3.8) is 0 Å². The largest absolute Gasteiger partial charge is 0.294 e. The molecule has 120 valence electrons. The first-order valence-corrected chi connectivity index (χ1v) is 7.97. The number of hydrogen-bond acceptors (Lipinski definition) is 3. The highest BCUT2D eigenvalue weighted by Crippen LogP contribution is 2.38. The summed E-state index contributed by atoms with van der Waals surface area (Å²) in [5, 5.41) is 0. The topological polar surface area (TPSA) is 35.5 Å². The number of hydrogen-bond donors (Lipinski definition) is 0. The molecule has 2 atom stereocenters. The molecule has 3 nitrogen and oxygen atoms in total. The van der Waals surface area contributed by atoms with Gasteiger partial charge in [0.2, 0.25) is 0 Å². The van der Waals surface area contributed by atoms with Gasteiger partial charge in [0.05, 0.1) is 11.5 Å². The molecule has 3 rings (SSSR count). The predicted octanol–water partition coefficient (Wildman–Crippen LogP) is 4.53. The summed E-state index contributed by atoms with van der Waals surface area (Å²) in [6.07, 6.45) is 0.276. The van der Waals surface area contributed by atoms with Crippen molar-refractivity contribution in [2.45, 2.75) is 38.9 Å². The highest BCUT2D eigenvalue weighted by Gasteiger charge is 2.38. The molecule has 0 N–H and O–H groups in total. The van der Waals surface area contributed by atoms with Gasteiger partial charge in [-0.05, 0) is 38.3 Å². The lowest BCUT2D eigenvalue weighted by molar-refractivity contribution is -0.380. The van der Waals surface area contributed by atoms with Gasteiger partial charge in [-0.2, -0.15) is 0 Å². The van der Waals surface area contributed by atoms with E-state index in [1.165, 1.54) is 0 Å². The molecule has 0 heterocycles. The average molecular weight is 310 g/mol. The third kappa shape index (κ3) is 3.52. The molecule has 23 heavy (non-hydrogen) atoms. The molecule has 0 radical (unpaired) electrons. The smallest absolute Gasteiger partial charge is 0.169 e. The van der Waals surface area contributed by atoms with Crippen molar-refractivity contribution in [2.24, 2.45) is 5.92 Å². The summed E-state index contributed by atoms with van der Waals surface area (Å²) in [5.74, 6) is -0.121. The summed E-state index contributed by atoms with van der Waals surface area (Å²) in [5.41, 5.74) is 2.42. The molecule has 0 aromatic heterocycles. The summed E-state index contributed by atoms with van der Waals surface area (Å²) in [6, 6.07) is 17.6. The minimum Gasteiger partial charge on any atom is -0.294 e. The number of Topliss-reactive ketones (excluding diaryl/α,β-unsaturated/α-hetero) is 1. The first kappa shape index (κ1) is 15.9. The highest BCUT2D eigenvalue weighted by atomic mass is 17.2.